The van der Waals surface area contributed by atoms with E-state index in [1.54, 1.807) is 0 Å². The van der Waals surface area contributed by atoms with Crippen LogP contribution in [0.3, 0.4) is 0 Å². The van der Waals surface area contributed by atoms with Gasteiger partial charge in [0, 0.05) is 70.6 Å². The summed E-state index contributed by atoms with van der Waals surface area (Å²) in [6.45, 7) is 0. The Hall–Kier alpha value is -11.3. The highest BCUT2D eigenvalue weighted by atomic mass is 15.0. The molecule has 396 valence electrons. The zero-order valence-corrected chi connectivity index (χ0v) is 45.9. The topological polar surface area (TPSA) is 77.3 Å². The highest BCUT2D eigenvalue weighted by molar-refractivity contribution is 5.86. The largest absolute Gasteiger partial charge is 0.264 e. The zero-order chi connectivity index (χ0) is 56.3. The summed E-state index contributed by atoms with van der Waals surface area (Å²) < 4.78 is 0. The van der Waals surface area contributed by atoms with Crippen molar-refractivity contribution in [3.63, 3.8) is 0 Å². The maximum atomic E-state index is 5.03. The lowest BCUT2D eigenvalue weighted by Gasteiger charge is -2.14. The van der Waals surface area contributed by atoms with E-state index in [9.17, 15) is 0 Å². The molecule has 0 aliphatic rings. The third kappa shape index (κ3) is 12.1. The van der Waals surface area contributed by atoms with Crippen molar-refractivity contribution >= 4 is 0 Å². The van der Waals surface area contributed by atoms with Crippen LogP contribution in [0.5, 0.6) is 0 Å². The van der Waals surface area contributed by atoms with Crippen LogP contribution in [-0.2, 0) is 0 Å². The molecule has 0 bridgehead atoms. The predicted molar refractivity (Wildman–Crippen MR) is 345 cm³/mol. The Morgan fingerprint density at radius 2 is 0.333 bits per heavy atom. The average Bonchev–Trinajstić information content (AvgIpc) is 3.58. The van der Waals surface area contributed by atoms with Crippen LogP contribution in [0.1, 0.15) is 0 Å². The first kappa shape index (κ1) is 52.1. The molecule has 0 fully saturated rings. The molecule has 0 amide bonds. The fourth-order valence-electron chi connectivity index (χ4n) is 10.5. The first-order chi connectivity index (χ1) is 41.6. The van der Waals surface area contributed by atoms with Crippen LogP contribution >= 0.6 is 0 Å². The van der Waals surface area contributed by atoms with Crippen molar-refractivity contribution in [2.75, 3.05) is 0 Å². The van der Waals surface area contributed by atoms with Crippen LogP contribution in [0, 0.1) is 0 Å². The van der Waals surface area contributed by atoms with Crippen molar-refractivity contribution in [1.82, 2.24) is 29.9 Å². The molecule has 6 heteroatoms. The van der Waals surface area contributed by atoms with Crippen LogP contribution in [0.2, 0.25) is 0 Å². The van der Waals surface area contributed by atoms with Gasteiger partial charge >= 0.3 is 0 Å². The van der Waals surface area contributed by atoms with Gasteiger partial charge in [-0.3, -0.25) is 15.0 Å². The van der Waals surface area contributed by atoms with E-state index in [-0.39, 0.29) is 0 Å². The maximum absolute atomic E-state index is 5.03. The summed E-state index contributed by atoms with van der Waals surface area (Å²) in [5.74, 6) is 1.93. The number of aromatic nitrogens is 6. The van der Waals surface area contributed by atoms with E-state index in [4.69, 9.17) is 15.0 Å². The summed E-state index contributed by atoms with van der Waals surface area (Å²) >= 11 is 0. The van der Waals surface area contributed by atoms with Crippen LogP contribution in [0.4, 0.5) is 0 Å². The summed E-state index contributed by atoms with van der Waals surface area (Å²) in [4.78, 5) is 28.1. The van der Waals surface area contributed by atoms with Gasteiger partial charge in [-0.15, -0.1) is 0 Å². The van der Waals surface area contributed by atoms with Crippen molar-refractivity contribution in [1.29, 1.82) is 0 Å². The Bertz CT molecular complexity index is 3740. The van der Waals surface area contributed by atoms with Gasteiger partial charge in [-0.25, -0.2) is 15.0 Å². The predicted octanol–water partition coefficient (Wildman–Crippen LogP) is 19.7. The van der Waals surface area contributed by atoms with Crippen molar-refractivity contribution in [3.8, 4) is 134 Å². The summed E-state index contributed by atoms with van der Waals surface area (Å²) in [5.41, 5.74) is 23.3. The SMILES string of the molecule is c1ccc(-c2cccc(-c3nc(-c4cccc(-c5ccccc5)c4)nc(-c4cccc(-c5ccccc5)c4)n3)c2)cc1.c1cncc(-c2cccc(-c3cc(-c4cccc(-c5cccnc5)c4)cc(-c4cccc(-c5cccnc5)c4)c3)c2)c1. The molecule has 10 aromatic carbocycles. The molecule has 0 N–H and O–H groups in total. The summed E-state index contributed by atoms with van der Waals surface area (Å²) in [6, 6.07) is 102. The van der Waals surface area contributed by atoms with Gasteiger partial charge in [0.1, 0.15) is 0 Å². The summed E-state index contributed by atoms with van der Waals surface area (Å²) in [6.07, 6.45) is 11.2. The molecule has 0 aliphatic carbocycles. The van der Waals surface area contributed by atoms with E-state index in [0.717, 1.165) is 117 Å². The van der Waals surface area contributed by atoms with E-state index in [0.29, 0.717) is 17.5 Å². The van der Waals surface area contributed by atoms with Crippen molar-refractivity contribution in [2.45, 2.75) is 0 Å². The minimum atomic E-state index is 0.642. The van der Waals surface area contributed by atoms with Gasteiger partial charge < -0.3 is 0 Å². The van der Waals surface area contributed by atoms with E-state index in [1.807, 2.05) is 73.6 Å². The third-order valence-corrected chi connectivity index (χ3v) is 14.8. The zero-order valence-electron chi connectivity index (χ0n) is 45.9. The molecular weight excluding hydrogens is 1020 g/mol. The van der Waals surface area contributed by atoms with E-state index >= 15 is 0 Å². The van der Waals surface area contributed by atoms with Gasteiger partial charge in [0.15, 0.2) is 17.5 Å². The standard InChI is InChI=1S/2C39H27N3/c1-7-28(34-13-4-16-40-25-34)19-31(10-1)37-22-38(32-11-2-8-29(20-32)35-14-5-17-41-26-35)24-39(23-37)33-12-3-9-30(21-33)36-15-6-18-42-27-36;1-4-13-28(14-5-1)31-19-10-22-34(25-31)37-40-38(35-23-11-20-32(26-35)29-15-6-2-7-16-29)42-39(41-37)36-24-12-21-33(27-36)30-17-8-3-9-18-30/h2*1-27H. The van der Waals surface area contributed by atoms with Gasteiger partial charge in [-0.05, 0) is 156 Å². The number of rotatable bonds is 12. The normalized spacial score (nSPS) is 10.9. The van der Waals surface area contributed by atoms with Gasteiger partial charge in [0.05, 0.1) is 0 Å². The quantitative estimate of drug-likeness (QED) is 0.121. The Balaban J connectivity index is 0.000000157. The minimum absolute atomic E-state index is 0.642. The fourth-order valence-corrected chi connectivity index (χ4v) is 10.5. The molecule has 14 rings (SSSR count). The van der Waals surface area contributed by atoms with Crippen molar-refractivity contribution in [3.05, 3.63) is 328 Å². The minimum Gasteiger partial charge on any atom is -0.264 e. The second-order valence-corrected chi connectivity index (χ2v) is 20.4. The number of benzene rings is 10. The summed E-state index contributed by atoms with van der Waals surface area (Å²) in [5, 5.41) is 0. The van der Waals surface area contributed by atoms with Crippen LogP contribution in [-0.4, -0.2) is 29.9 Å². The summed E-state index contributed by atoms with van der Waals surface area (Å²) in [7, 11) is 0. The first-order valence-electron chi connectivity index (χ1n) is 28.0. The molecule has 0 saturated carbocycles. The third-order valence-electron chi connectivity index (χ3n) is 14.8. The number of hydrogen-bond acceptors (Lipinski definition) is 6. The maximum Gasteiger partial charge on any atom is 0.164 e. The number of hydrogen-bond donors (Lipinski definition) is 0. The molecule has 14 aromatic rings. The lowest BCUT2D eigenvalue weighted by atomic mass is 9.91. The lowest BCUT2D eigenvalue weighted by molar-refractivity contribution is 1.07. The highest BCUT2D eigenvalue weighted by Crippen LogP contribution is 2.38. The smallest absolute Gasteiger partial charge is 0.164 e. The van der Waals surface area contributed by atoms with Gasteiger partial charge in [0.2, 0.25) is 0 Å². The Morgan fingerprint density at radius 3 is 0.583 bits per heavy atom. The average molecular weight is 1080 g/mol. The molecule has 0 saturated heterocycles. The van der Waals surface area contributed by atoms with E-state index in [1.165, 1.54) is 0 Å². The Labute approximate surface area is 489 Å². The highest BCUT2D eigenvalue weighted by Gasteiger charge is 2.16. The first-order valence-corrected chi connectivity index (χ1v) is 28.0. The van der Waals surface area contributed by atoms with Crippen LogP contribution in [0.25, 0.3) is 134 Å². The molecule has 6 nitrogen and oxygen atoms in total. The van der Waals surface area contributed by atoms with Gasteiger partial charge in [-0.1, -0.05) is 218 Å². The molecule has 0 atom stereocenters. The fraction of sp³-hybridized carbons (Fsp3) is 0. The molecule has 0 radical (unpaired) electrons. The van der Waals surface area contributed by atoms with E-state index in [2.05, 4.69) is 270 Å². The second kappa shape index (κ2) is 24.6. The van der Waals surface area contributed by atoms with Gasteiger partial charge in [-0.2, -0.15) is 0 Å². The van der Waals surface area contributed by atoms with Gasteiger partial charge in [0.25, 0.3) is 0 Å². The second-order valence-electron chi connectivity index (χ2n) is 20.4. The van der Waals surface area contributed by atoms with E-state index < -0.39 is 0 Å². The molecular formula is C78H54N6. The molecule has 0 unspecified atom stereocenters. The molecule has 84 heavy (non-hydrogen) atoms. The van der Waals surface area contributed by atoms with Crippen LogP contribution < -0.4 is 0 Å². The Morgan fingerprint density at radius 1 is 0.143 bits per heavy atom. The number of nitrogens with zero attached hydrogens (tertiary/aromatic N) is 6. The van der Waals surface area contributed by atoms with Crippen LogP contribution in [0.15, 0.2) is 328 Å². The molecule has 0 aliphatic heterocycles. The lowest BCUT2D eigenvalue weighted by Crippen LogP contribution is -2.00. The Kier molecular flexibility index (Phi) is 15.2. The number of pyridine rings is 3. The van der Waals surface area contributed by atoms with Crippen molar-refractivity contribution < 1.29 is 0 Å². The molecule has 4 heterocycles. The van der Waals surface area contributed by atoms with Crippen molar-refractivity contribution in [2.24, 2.45) is 0 Å². The molecule has 0 spiro atoms. The monoisotopic (exact) mass is 1070 g/mol. The molecule has 4 aromatic heterocycles.